The normalized spacial score (nSPS) is 34.8. The lowest BCUT2D eigenvalue weighted by Crippen LogP contribution is -2.22. The third kappa shape index (κ3) is 2.98. The average molecular weight is 181 g/mol. The SMILES string of the molecule is CC1C[CH]CCC1COCC1CC1. The Hall–Kier alpha value is -0.0400. The highest BCUT2D eigenvalue weighted by molar-refractivity contribution is 4.81. The van der Waals surface area contributed by atoms with E-state index in [1.54, 1.807) is 0 Å². The summed E-state index contributed by atoms with van der Waals surface area (Å²) in [6.07, 6.45) is 9.22. The number of rotatable bonds is 4. The lowest BCUT2D eigenvalue weighted by atomic mass is 9.81. The van der Waals surface area contributed by atoms with Crippen LogP contribution in [0, 0.1) is 24.2 Å². The summed E-state index contributed by atoms with van der Waals surface area (Å²) in [7, 11) is 0. The van der Waals surface area contributed by atoms with Gasteiger partial charge in [-0.15, -0.1) is 0 Å². The summed E-state index contributed by atoms with van der Waals surface area (Å²) in [4.78, 5) is 0. The highest BCUT2D eigenvalue weighted by atomic mass is 16.5. The minimum Gasteiger partial charge on any atom is -0.381 e. The van der Waals surface area contributed by atoms with Gasteiger partial charge in [-0.05, 0) is 56.3 Å². The molecule has 0 bridgehead atoms. The highest BCUT2D eigenvalue weighted by Crippen LogP contribution is 2.31. The van der Waals surface area contributed by atoms with E-state index in [1.165, 1.54) is 32.1 Å². The van der Waals surface area contributed by atoms with Gasteiger partial charge in [-0.3, -0.25) is 0 Å². The van der Waals surface area contributed by atoms with Crippen molar-refractivity contribution in [3.8, 4) is 0 Å². The van der Waals surface area contributed by atoms with E-state index in [0.29, 0.717) is 0 Å². The predicted octanol–water partition coefficient (Wildman–Crippen LogP) is 3.05. The van der Waals surface area contributed by atoms with E-state index in [-0.39, 0.29) is 0 Å². The van der Waals surface area contributed by atoms with Gasteiger partial charge >= 0.3 is 0 Å². The molecule has 2 aliphatic carbocycles. The first-order chi connectivity index (χ1) is 6.36. The molecule has 2 rings (SSSR count). The van der Waals surface area contributed by atoms with E-state index in [9.17, 15) is 0 Å². The topological polar surface area (TPSA) is 9.23 Å². The largest absolute Gasteiger partial charge is 0.381 e. The lowest BCUT2D eigenvalue weighted by molar-refractivity contribution is 0.0635. The van der Waals surface area contributed by atoms with Gasteiger partial charge in [-0.25, -0.2) is 0 Å². The molecule has 2 saturated carbocycles. The van der Waals surface area contributed by atoms with Crippen molar-refractivity contribution in [3.63, 3.8) is 0 Å². The van der Waals surface area contributed by atoms with Gasteiger partial charge in [0.05, 0.1) is 0 Å². The second kappa shape index (κ2) is 4.45. The second-order valence-electron chi connectivity index (χ2n) is 4.82. The van der Waals surface area contributed by atoms with E-state index < -0.39 is 0 Å². The van der Waals surface area contributed by atoms with Crippen molar-refractivity contribution in [1.29, 1.82) is 0 Å². The Morgan fingerprint density at radius 1 is 1.23 bits per heavy atom. The van der Waals surface area contributed by atoms with Gasteiger partial charge in [0, 0.05) is 13.2 Å². The summed E-state index contributed by atoms with van der Waals surface area (Å²) in [6.45, 7) is 4.42. The molecule has 0 saturated heterocycles. The molecule has 75 valence electrons. The van der Waals surface area contributed by atoms with Gasteiger partial charge in [-0.2, -0.15) is 0 Å². The maximum atomic E-state index is 5.75. The molecular weight excluding hydrogens is 160 g/mol. The fourth-order valence-corrected chi connectivity index (χ4v) is 2.11. The number of hydrogen-bond acceptors (Lipinski definition) is 1. The summed E-state index contributed by atoms with van der Waals surface area (Å²) >= 11 is 0. The summed E-state index contributed by atoms with van der Waals surface area (Å²) in [5, 5.41) is 0. The van der Waals surface area contributed by atoms with Crippen LogP contribution in [0.15, 0.2) is 0 Å². The molecular formula is C12H21O. The summed E-state index contributed by atoms with van der Waals surface area (Å²) < 4.78 is 5.75. The van der Waals surface area contributed by atoms with Crippen molar-refractivity contribution in [2.75, 3.05) is 13.2 Å². The molecule has 2 aliphatic rings. The number of ether oxygens (including phenoxy) is 1. The molecule has 1 heteroatoms. The van der Waals surface area contributed by atoms with E-state index in [2.05, 4.69) is 13.3 Å². The zero-order valence-electron chi connectivity index (χ0n) is 8.67. The molecule has 0 spiro atoms. The minimum absolute atomic E-state index is 0.837. The summed E-state index contributed by atoms with van der Waals surface area (Å²) in [5.74, 6) is 2.61. The molecule has 0 heterocycles. The molecule has 2 unspecified atom stereocenters. The van der Waals surface area contributed by atoms with Crippen molar-refractivity contribution in [2.45, 2.75) is 39.0 Å². The Bertz CT molecular complexity index is 151. The number of hydrogen-bond donors (Lipinski definition) is 0. The molecule has 2 fully saturated rings. The Morgan fingerprint density at radius 3 is 2.77 bits per heavy atom. The second-order valence-corrected chi connectivity index (χ2v) is 4.82. The maximum Gasteiger partial charge on any atom is 0.0496 e. The average Bonchev–Trinajstić information content (AvgIpc) is 2.92. The summed E-state index contributed by atoms with van der Waals surface area (Å²) in [5.41, 5.74) is 0. The molecule has 0 aromatic carbocycles. The molecule has 0 aromatic rings. The lowest BCUT2D eigenvalue weighted by Gasteiger charge is -2.28. The van der Waals surface area contributed by atoms with Crippen molar-refractivity contribution in [3.05, 3.63) is 6.42 Å². The highest BCUT2D eigenvalue weighted by Gasteiger charge is 2.24. The quantitative estimate of drug-likeness (QED) is 0.647. The van der Waals surface area contributed by atoms with E-state index in [4.69, 9.17) is 4.74 Å². The Balaban J connectivity index is 1.60. The van der Waals surface area contributed by atoms with Crippen LogP contribution >= 0.6 is 0 Å². The van der Waals surface area contributed by atoms with Crippen LogP contribution in [-0.2, 0) is 4.74 Å². The first kappa shape index (κ1) is 9.51. The third-order valence-corrected chi connectivity index (χ3v) is 3.47. The van der Waals surface area contributed by atoms with Gasteiger partial charge in [0.1, 0.15) is 0 Å². The predicted molar refractivity (Wildman–Crippen MR) is 54.3 cm³/mol. The Kier molecular flexibility index (Phi) is 3.26. The van der Waals surface area contributed by atoms with Gasteiger partial charge < -0.3 is 4.74 Å². The zero-order chi connectivity index (χ0) is 9.10. The standard InChI is InChI=1S/C12H21O/c1-10-4-2-3-5-12(10)9-13-8-11-6-7-11/h2,10-12H,3-9H2,1H3. The Morgan fingerprint density at radius 2 is 2.08 bits per heavy atom. The van der Waals surface area contributed by atoms with Crippen LogP contribution in [0.1, 0.15) is 39.0 Å². The molecule has 1 nitrogen and oxygen atoms in total. The van der Waals surface area contributed by atoms with Crippen molar-refractivity contribution >= 4 is 0 Å². The molecule has 0 aromatic heterocycles. The van der Waals surface area contributed by atoms with Crippen LogP contribution in [0.4, 0.5) is 0 Å². The van der Waals surface area contributed by atoms with Crippen LogP contribution in [-0.4, -0.2) is 13.2 Å². The van der Waals surface area contributed by atoms with Gasteiger partial charge in [-0.1, -0.05) is 6.92 Å². The molecule has 1 radical (unpaired) electrons. The monoisotopic (exact) mass is 181 g/mol. The van der Waals surface area contributed by atoms with E-state index in [0.717, 1.165) is 31.0 Å². The van der Waals surface area contributed by atoms with Gasteiger partial charge in [0.2, 0.25) is 0 Å². The first-order valence-electron chi connectivity index (χ1n) is 5.75. The maximum absolute atomic E-state index is 5.75. The van der Waals surface area contributed by atoms with Crippen molar-refractivity contribution in [2.24, 2.45) is 17.8 Å². The van der Waals surface area contributed by atoms with Gasteiger partial charge in [0.15, 0.2) is 0 Å². The Labute approximate surface area is 81.9 Å². The first-order valence-corrected chi connectivity index (χ1v) is 5.75. The van der Waals surface area contributed by atoms with Crippen LogP contribution in [0.25, 0.3) is 0 Å². The fourth-order valence-electron chi connectivity index (χ4n) is 2.11. The van der Waals surface area contributed by atoms with Crippen LogP contribution in [0.3, 0.4) is 0 Å². The molecule has 13 heavy (non-hydrogen) atoms. The van der Waals surface area contributed by atoms with Gasteiger partial charge in [0.25, 0.3) is 0 Å². The van der Waals surface area contributed by atoms with E-state index in [1.807, 2.05) is 0 Å². The van der Waals surface area contributed by atoms with Crippen LogP contribution in [0.2, 0.25) is 0 Å². The van der Waals surface area contributed by atoms with Crippen LogP contribution < -0.4 is 0 Å². The third-order valence-electron chi connectivity index (χ3n) is 3.47. The molecule has 0 amide bonds. The minimum atomic E-state index is 0.837. The van der Waals surface area contributed by atoms with Crippen molar-refractivity contribution < 1.29 is 4.74 Å². The molecule has 2 atom stereocenters. The van der Waals surface area contributed by atoms with E-state index >= 15 is 0 Å². The summed E-state index contributed by atoms with van der Waals surface area (Å²) in [6, 6.07) is 0. The van der Waals surface area contributed by atoms with Crippen molar-refractivity contribution in [1.82, 2.24) is 0 Å². The molecule has 0 N–H and O–H groups in total. The zero-order valence-corrected chi connectivity index (χ0v) is 8.67. The molecule has 0 aliphatic heterocycles. The fraction of sp³-hybridized carbons (Fsp3) is 0.917. The smallest absolute Gasteiger partial charge is 0.0496 e. The van der Waals surface area contributed by atoms with Crippen LogP contribution in [0.5, 0.6) is 0 Å².